The molecule has 0 unspecified atom stereocenters. The lowest BCUT2D eigenvalue weighted by atomic mass is 10.1. The Morgan fingerprint density at radius 1 is 1.39 bits per heavy atom. The molecule has 0 fully saturated rings. The maximum absolute atomic E-state index is 6.39. The minimum absolute atomic E-state index is 0.238. The Balaban J connectivity index is 1.80. The molecule has 0 radical (unpaired) electrons. The minimum Gasteiger partial charge on any atom is -0.497 e. The average Bonchev–Trinajstić information content (AvgIpc) is 3.39. The number of ether oxygens (including phenoxy) is 2. The molecule has 4 N–H and O–H groups in total. The highest BCUT2D eigenvalue weighted by molar-refractivity contribution is 6.30. The van der Waals surface area contributed by atoms with E-state index in [0.717, 1.165) is 22.6 Å². The fourth-order valence-electron chi connectivity index (χ4n) is 3.65. The summed E-state index contributed by atoms with van der Waals surface area (Å²) in [7, 11) is 1.61. The monoisotopic (exact) mass is 438 g/mol. The van der Waals surface area contributed by atoms with Crippen molar-refractivity contribution in [2.45, 2.75) is 12.5 Å². The SMILES string of the molecule is C=C/C(=C\C(=C)Cl)[C@@H]1COC(c2ncn3c2C/C(=C/N)N(N)c2cc(OC)ccc2-3)=N1. The highest BCUT2D eigenvalue weighted by Crippen LogP contribution is 2.35. The van der Waals surface area contributed by atoms with Crippen molar-refractivity contribution in [2.24, 2.45) is 16.6 Å². The van der Waals surface area contributed by atoms with Gasteiger partial charge in [0, 0.05) is 23.7 Å². The largest absolute Gasteiger partial charge is 0.497 e. The van der Waals surface area contributed by atoms with E-state index in [0.29, 0.717) is 41.1 Å². The molecule has 0 amide bonds. The van der Waals surface area contributed by atoms with Crippen molar-refractivity contribution in [1.29, 1.82) is 0 Å². The van der Waals surface area contributed by atoms with Crippen molar-refractivity contribution >= 4 is 23.2 Å². The van der Waals surface area contributed by atoms with E-state index in [-0.39, 0.29) is 6.04 Å². The lowest BCUT2D eigenvalue weighted by molar-refractivity contribution is 0.328. The number of aliphatic imine (C=N–C) groups is 1. The summed E-state index contributed by atoms with van der Waals surface area (Å²) >= 11 is 5.93. The molecule has 2 aliphatic heterocycles. The Labute approximate surface area is 185 Å². The molecule has 3 heterocycles. The van der Waals surface area contributed by atoms with Gasteiger partial charge in [-0.15, -0.1) is 0 Å². The van der Waals surface area contributed by atoms with Gasteiger partial charge >= 0.3 is 0 Å². The molecule has 1 aromatic carbocycles. The van der Waals surface area contributed by atoms with Gasteiger partial charge < -0.3 is 15.2 Å². The number of nitrogens with zero attached hydrogens (tertiary/aromatic N) is 4. The van der Waals surface area contributed by atoms with Crippen molar-refractivity contribution in [3.63, 3.8) is 0 Å². The predicted octanol–water partition coefficient (Wildman–Crippen LogP) is 2.93. The first-order chi connectivity index (χ1) is 15.0. The first kappa shape index (κ1) is 20.8. The summed E-state index contributed by atoms with van der Waals surface area (Å²) in [6, 6.07) is 5.41. The van der Waals surface area contributed by atoms with E-state index >= 15 is 0 Å². The molecule has 4 rings (SSSR count). The third-order valence-electron chi connectivity index (χ3n) is 5.22. The maximum atomic E-state index is 6.39. The Morgan fingerprint density at radius 2 is 2.19 bits per heavy atom. The number of methoxy groups -OCH3 is 1. The number of allylic oxidation sites excluding steroid dienone is 3. The summed E-state index contributed by atoms with van der Waals surface area (Å²) in [6.07, 6.45) is 7.09. The second-order valence-electron chi connectivity index (χ2n) is 7.03. The number of nitrogens with two attached hydrogens (primary N) is 2. The van der Waals surface area contributed by atoms with E-state index in [1.165, 1.54) is 6.20 Å². The van der Waals surface area contributed by atoms with Crippen LogP contribution < -0.4 is 21.3 Å². The van der Waals surface area contributed by atoms with Crippen LogP contribution in [0.2, 0.25) is 0 Å². The number of imidazole rings is 1. The van der Waals surface area contributed by atoms with Gasteiger partial charge in [-0.25, -0.2) is 15.8 Å². The molecule has 160 valence electrons. The number of hydrazine groups is 1. The number of anilines is 1. The second kappa shape index (κ2) is 8.33. The zero-order chi connectivity index (χ0) is 22.1. The van der Waals surface area contributed by atoms with Gasteiger partial charge in [-0.3, -0.25) is 9.58 Å². The van der Waals surface area contributed by atoms with E-state index in [9.17, 15) is 0 Å². The molecule has 0 aliphatic carbocycles. The van der Waals surface area contributed by atoms with E-state index in [1.54, 1.807) is 30.6 Å². The van der Waals surface area contributed by atoms with Gasteiger partial charge in [0.15, 0.2) is 0 Å². The summed E-state index contributed by atoms with van der Waals surface area (Å²) in [6.45, 7) is 7.90. The standard InChI is InChI=1S/C22H23ClN6O2/c1-4-14(7-13(2)23)17-11-31-22(27-17)21-20-8-15(10-24)29(25)19-9-16(30-3)5-6-18(19)28(20)12-26-21/h4-7,9-10,12,17H,1-2,8,11,24-25H2,3H3/b14-7+,15-10-/t17-/m0/s1. The molecular weight excluding hydrogens is 416 g/mol. The average molecular weight is 439 g/mol. The van der Waals surface area contributed by atoms with E-state index in [4.69, 9.17) is 37.6 Å². The molecular formula is C22H23ClN6O2. The number of hydrogen-bond donors (Lipinski definition) is 2. The van der Waals surface area contributed by atoms with Crippen molar-refractivity contribution in [2.75, 3.05) is 18.7 Å². The number of aromatic nitrogens is 2. The first-order valence-electron chi connectivity index (χ1n) is 9.56. The predicted molar refractivity (Wildman–Crippen MR) is 122 cm³/mol. The number of hydrogen-bond acceptors (Lipinski definition) is 7. The summed E-state index contributed by atoms with van der Waals surface area (Å²) in [5, 5.41) is 1.96. The first-order valence-corrected chi connectivity index (χ1v) is 9.94. The van der Waals surface area contributed by atoms with Crippen LogP contribution in [0.4, 0.5) is 5.69 Å². The van der Waals surface area contributed by atoms with Crippen molar-refractivity contribution in [1.82, 2.24) is 9.55 Å². The highest BCUT2D eigenvalue weighted by atomic mass is 35.5. The molecule has 31 heavy (non-hydrogen) atoms. The van der Waals surface area contributed by atoms with Crippen LogP contribution in [0.1, 0.15) is 11.4 Å². The molecule has 2 aromatic rings. The van der Waals surface area contributed by atoms with Gasteiger partial charge in [0.25, 0.3) is 0 Å². The number of benzene rings is 1. The van der Waals surface area contributed by atoms with Crippen molar-refractivity contribution in [3.05, 3.63) is 83.7 Å². The van der Waals surface area contributed by atoms with Crippen LogP contribution in [0, 0.1) is 0 Å². The van der Waals surface area contributed by atoms with Crippen molar-refractivity contribution in [3.8, 4) is 11.4 Å². The van der Waals surface area contributed by atoms with Crippen LogP contribution >= 0.6 is 11.6 Å². The Morgan fingerprint density at radius 3 is 2.87 bits per heavy atom. The summed E-state index contributed by atoms with van der Waals surface area (Å²) in [5.41, 5.74) is 10.5. The normalized spacial score (nSPS) is 19.3. The summed E-state index contributed by atoms with van der Waals surface area (Å²) < 4.78 is 13.2. The van der Waals surface area contributed by atoms with Crippen LogP contribution in [-0.4, -0.2) is 35.2 Å². The number of rotatable bonds is 5. The van der Waals surface area contributed by atoms with Gasteiger partial charge in [-0.1, -0.05) is 30.8 Å². The second-order valence-corrected chi connectivity index (χ2v) is 7.51. The van der Waals surface area contributed by atoms with Crippen LogP contribution in [0.3, 0.4) is 0 Å². The molecule has 1 aromatic heterocycles. The van der Waals surface area contributed by atoms with Crippen LogP contribution in [0.5, 0.6) is 5.75 Å². The molecule has 0 spiro atoms. The molecule has 0 saturated heterocycles. The lowest BCUT2D eigenvalue weighted by Crippen LogP contribution is -2.31. The van der Waals surface area contributed by atoms with Crippen LogP contribution in [0.15, 0.2) is 77.3 Å². The number of halogens is 1. The summed E-state index contributed by atoms with van der Waals surface area (Å²) in [5.74, 6) is 7.52. The van der Waals surface area contributed by atoms with Gasteiger partial charge in [0.05, 0.1) is 29.9 Å². The molecule has 0 saturated carbocycles. The van der Waals surface area contributed by atoms with Crippen LogP contribution in [-0.2, 0) is 11.2 Å². The third kappa shape index (κ3) is 3.71. The third-order valence-corrected chi connectivity index (χ3v) is 5.32. The molecule has 0 bridgehead atoms. The zero-order valence-electron chi connectivity index (χ0n) is 17.1. The van der Waals surface area contributed by atoms with E-state index < -0.39 is 0 Å². The highest BCUT2D eigenvalue weighted by Gasteiger charge is 2.30. The topological polar surface area (TPSA) is 104 Å². The van der Waals surface area contributed by atoms with Gasteiger partial charge in [-0.05, 0) is 23.8 Å². The Bertz CT molecular complexity index is 1150. The van der Waals surface area contributed by atoms with Crippen molar-refractivity contribution < 1.29 is 9.47 Å². The Hall–Kier alpha value is -3.49. The van der Waals surface area contributed by atoms with E-state index in [2.05, 4.69) is 18.1 Å². The van der Waals surface area contributed by atoms with Gasteiger partial charge in [-0.2, -0.15) is 0 Å². The molecule has 2 aliphatic rings. The smallest absolute Gasteiger partial charge is 0.238 e. The molecule has 8 nitrogen and oxygen atoms in total. The van der Waals surface area contributed by atoms with Crippen LogP contribution in [0.25, 0.3) is 5.69 Å². The molecule has 1 atom stereocenters. The zero-order valence-corrected chi connectivity index (χ0v) is 17.8. The lowest BCUT2D eigenvalue weighted by Gasteiger charge is -2.21. The Kier molecular flexibility index (Phi) is 5.58. The van der Waals surface area contributed by atoms with E-state index in [1.807, 2.05) is 22.8 Å². The van der Waals surface area contributed by atoms with Gasteiger partial charge in [0.1, 0.15) is 30.4 Å². The van der Waals surface area contributed by atoms with Gasteiger partial charge in [0.2, 0.25) is 5.90 Å². The summed E-state index contributed by atoms with van der Waals surface area (Å²) in [4.78, 5) is 9.31. The molecule has 9 heteroatoms. The number of fused-ring (bicyclic) bond motifs is 3. The quantitative estimate of drug-likeness (QED) is 0.549. The fourth-order valence-corrected chi connectivity index (χ4v) is 3.78. The maximum Gasteiger partial charge on any atom is 0.238 e. The fraction of sp³-hybridized carbons (Fsp3) is 0.182. The minimum atomic E-state index is -0.238.